The summed E-state index contributed by atoms with van der Waals surface area (Å²) in [6, 6.07) is 6.78. The number of fused-ring (bicyclic) bond motifs is 1. The Bertz CT molecular complexity index is 919. The van der Waals surface area contributed by atoms with Gasteiger partial charge in [-0.3, -0.25) is 14.9 Å². The summed E-state index contributed by atoms with van der Waals surface area (Å²) in [5.74, 6) is -1.36. The van der Waals surface area contributed by atoms with Crippen LogP contribution in [0.5, 0.6) is 0 Å². The molecule has 1 aromatic heterocycles. The zero-order valence-electron chi connectivity index (χ0n) is 11.0. The fraction of sp³-hybridized carbons (Fsp3) is 0. The summed E-state index contributed by atoms with van der Waals surface area (Å²) < 4.78 is 27.2. The van der Waals surface area contributed by atoms with Crippen LogP contribution in [-0.2, 0) is 0 Å². The number of nitro groups is 1. The molecule has 3 rings (SSSR count). The summed E-state index contributed by atoms with van der Waals surface area (Å²) in [6.07, 6.45) is 0.461. The van der Waals surface area contributed by atoms with Crippen molar-refractivity contribution in [2.24, 2.45) is 0 Å². The van der Waals surface area contributed by atoms with E-state index in [4.69, 9.17) is 0 Å². The summed E-state index contributed by atoms with van der Waals surface area (Å²) in [5, 5.41) is 11.1. The van der Waals surface area contributed by atoms with Crippen LogP contribution in [0.1, 0.15) is 10.4 Å². The smallest absolute Gasteiger partial charge is 0.270 e. The lowest BCUT2D eigenvalue weighted by molar-refractivity contribution is -0.384. The highest BCUT2D eigenvalue weighted by molar-refractivity contribution is 6.05. The van der Waals surface area contributed by atoms with Crippen LogP contribution >= 0.6 is 0 Å². The largest absolute Gasteiger partial charge is 0.354 e. The van der Waals surface area contributed by atoms with Crippen LogP contribution in [0.15, 0.2) is 36.4 Å². The topological polar surface area (TPSA) is 76.0 Å². The van der Waals surface area contributed by atoms with Crippen LogP contribution in [0.4, 0.5) is 14.5 Å². The number of benzene rings is 2. The van der Waals surface area contributed by atoms with Gasteiger partial charge in [-0.25, -0.2) is 8.78 Å². The van der Waals surface area contributed by atoms with E-state index >= 15 is 0 Å². The van der Waals surface area contributed by atoms with Crippen LogP contribution < -0.4 is 0 Å². The molecule has 0 unspecified atom stereocenters. The van der Waals surface area contributed by atoms with Crippen molar-refractivity contribution < 1.29 is 18.5 Å². The van der Waals surface area contributed by atoms with E-state index in [2.05, 4.69) is 4.98 Å². The van der Waals surface area contributed by atoms with Crippen molar-refractivity contribution in [3.63, 3.8) is 0 Å². The van der Waals surface area contributed by atoms with Gasteiger partial charge in [-0.15, -0.1) is 0 Å². The Morgan fingerprint density at radius 3 is 2.59 bits per heavy atom. The van der Waals surface area contributed by atoms with E-state index in [1.54, 1.807) is 0 Å². The highest BCUT2D eigenvalue weighted by atomic mass is 19.1. The van der Waals surface area contributed by atoms with Gasteiger partial charge in [0.15, 0.2) is 6.29 Å². The van der Waals surface area contributed by atoms with Gasteiger partial charge in [-0.1, -0.05) is 0 Å². The van der Waals surface area contributed by atoms with E-state index in [0.29, 0.717) is 11.8 Å². The van der Waals surface area contributed by atoms with E-state index < -0.39 is 16.6 Å². The number of non-ortho nitro benzene ring substituents is 1. The standard InChI is InChI=1S/C15H8F2N2O3/c16-8-1-3-13(17)11(5-8)15-12(7-20)10-6-9(19(21)22)2-4-14(10)18-15/h1-7,18H. The molecule has 2 aromatic carbocycles. The molecule has 0 aliphatic carbocycles. The number of hydrogen-bond acceptors (Lipinski definition) is 3. The number of rotatable bonds is 3. The van der Waals surface area contributed by atoms with Crippen molar-refractivity contribution in [1.29, 1.82) is 0 Å². The van der Waals surface area contributed by atoms with Gasteiger partial charge in [0.1, 0.15) is 11.6 Å². The fourth-order valence-electron chi connectivity index (χ4n) is 2.34. The van der Waals surface area contributed by atoms with Gasteiger partial charge in [0.25, 0.3) is 5.69 Å². The molecule has 1 heterocycles. The first-order chi connectivity index (χ1) is 10.5. The van der Waals surface area contributed by atoms with Gasteiger partial charge in [0, 0.05) is 34.2 Å². The molecule has 5 nitrogen and oxygen atoms in total. The minimum Gasteiger partial charge on any atom is -0.354 e. The van der Waals surface area contributed by atoms with E-state index in [1.165, 1.54) is 18.2 Å². The predicted octanol–water partition coefficient (Wildman–Crippen LogP) is 3.83. The second-order valence-electron chi connectivity index (χ2n) is 4.64. The number of carbonyl (C=O) groups excluding carboxylic acids is 1. The number of carbonyl (C=O) groups is 1. The van der Waals surface area contributed by atoms with E-state index in [-0.39, 0.29) is 27.9 Å². The number of halogens is 2. The SMILES string of the molecule is O=Cc1c(-c2cc(F)ccc2F)[nH]c2ccc([N+](=O)[O-])cc12. The van der Waals surface area contributed by atoms with Crippen molar-refractivity contribution >= 4 is 22.9 Å². The molecule has 0 radical (unpaired) electrons. The third kappa shape index (κ3) is 2.12. The number of H-pyrrole nitrogens is 1. The first-order valence-electron chi connectivity index (χ1n) is 6.22. The molecule has 0 amide bonds. The average Bonchev–Trinajstić information content (AvgIpc) is 2.86. The molecule has 0 aliphatic rings. The molecule has 1 N–H and O–H groups in total. The summed E-state index contributed by atoms with van der Waals surface area (Å²) in [7, 11) is 0. The summed E-state index contributed by atoms with van der Waals surface area (Å²) in [6.45, 7) is 0. The molecule has 0 aliphatic heterocycles. The van der Waals surface area contributed by atoms with Gasteiger partial charge < -0.3 is 4.98 Å². The quantitative estimate of drug-likeness (QED) is 0.454. The van der Waals surface area contributed by atoms with Gasteiger partial charge in [-0.2, -0.15) is 0 Å². The number of nitro benzene ring substituents is 1. The Balaban J connectivity index is 2.33. The highest BCUT2D eigenvalue weighted by Crippen LogP contribution is 2.32. The number of nitrogens with zero attached hydrogens (tertiary/aromatic N) is 1. The third-order valence-electron chi connectivity index (χ3n) is 3.35. The maximum absolute atomic E-state index is 13.9. The molecule has 0 bridgehead atoms. The second-order valence-corrected chi connectivity index (χ2v) is 4.64. The van der Waals surface area contributed by atoms with Gasteiger partial charge >= 0.3 is 0 Å². The maximum Gasteiger partial charge on any atom is 0.270 e. The Morgan fingerprint density at radius 1 is 1.14 bits per heavy atom. The Kier molecular flexibility index (Phi) is 3.17. The lowest BCUT2D eigenvalue weighted by Gasteiger charge is -2.02. The van der Waals surface area contributed by atoms with Gasteiger partial charge in [-0.05, 0) is 24.3 Å². The summed E-state index contributed by atoms with van der Waals surface area (Å²) >= 11 is 0. The summed E-state index contributed by atoms with van der Waals surface area (Å²) in [4.78, 5) is 24.4. The normalized spacial score (nSPS) is 10.8. The molecule has 0 spiro atoms. The van der Waals surface area contributed by atoms with Crippen molar-refractivity contribution in [1.82, 2.24) is 4.98 Å². The van der Waals surface area contributed by atoms with Crippen LogP contribution in [0, 0.1) is 21.7 Å². The first-order valence-corrected chi connectivity index (χ1v) is 6.22. The molecular formula is C15H8F2N2O3. The molecule has 110 valence electrons. The third-order valence-corrected chi connectivity index (χ3v) is 3.35. The minimum atomic E-state index is -0.703. The van der Waals surface area contributed by atoms with Crippen LogP contribution in [-0.4, -0.2) is 16.2 Å². The second kappa shape index (κ2) is 5.03. The van der Waals surface area contributed by atoms with Crippen molar-refractivity contribution in [3.8, 4) is 11.3 Å². The molecule has 22 heavy (non-hydrogen) atoms. The van der Waals surface area contributed by atoms with Crippen LogP contribution in [0.25, 0.3) is 22.2 Å². The minimum absolute atomic E-state index is 0.0446. The lowest BCUT2D eigenvalue weighted by atomic mass is 10.1. The highest BCUT2D eigenvalue weighted by Gasteiger charge is 2.18. The van der Waals surface area contributed by atoms with Crippen molar-refractivity contribution in [2.45, 2.75) is 0 Å². The molecular weight excluding hydrogens is 294 g/mol. The predicted molar refractivity (Wildman–Crippen MR) is 75.7 cm³/mol. The number of hydrogen-bond donors (Lipinski definition) is 1. The molecule has 0 saturated heterocycles. The first kappa shape index (κ1) is 13.9. The fourth-order valence-corrected chi connectivity index (χ4v) is 2.34. The Hall–Kier alpha value is -3.09. The van der Waals surface area contributed by atoms with E-state index in [0.717, 1.165) is 18.2 Å². The zero-order valence-corrected chi connectivity index (χ0v) is 11.0. The molecule has 3 aromatic rings. The number of aldehydes is 1. The summed E-state index contributed by atoms with van der Waals surface area (Å²) in [5.41, 5.74) is 0.249. The van der Waals surface area contributed by atoms with Crippen LogP contribution in [0.3, 0.4) is 0 Å². The number of nitrogens with one attached hydrogen (secondary N) is 1. The molecule has 0 atom stereocenters. The average molecular weight is 302 g/mol. The van der Waals surface area contributed by atoms with Gasteiger partial charge in [0.2, 0.25) is 0 Å². The zero-order chi connectivity index (χ0) is 15.9. The van der Waals surface area contributed by atoms with Crippen molar-refractivity contribution in [3.05, 3.63) is 63.7 Å². The monoisotopic (exact) mass is 302 g/mol. The van der Waals surface area contributed by atoms with E-state index in [1.807, 2.05) is 0 Å². The Morgan fingerprint density at radius 2 is 1.91 bits per heavy atom. The molecule has 0 saturated carbocycles. The van der Waals surface area contributed by atoms with Crippen molar-refractivity contribution in [2.75, 3.05) is 0 Å². The number of aromatic amines is 1. The van der Waals surface area contributed by atoms with Gasteiger partial charge in [0.05, 0.1) is 10.6 Å². The maximum atomic E-state index is 13.9. The number of aromatic nitrogens is 1. The molecule has 7 heteroatoms. The lowest BCUT2D eigenvalue weighted by Crippen LogP contribution is -1.90. The van der Waals surface area contributed by atoms with Crippen LogP contribution in [0.2, 0.25) is 0 Å². The molecule has 0 fully saturated rings. The van der Waals surface area contributed by atoms with E-state index in [9.17, 15) is 23.7 Å². The Labute approximate surface area is 122 Å².